The first-order valence-corrected chi connectivity index (χ1v) is 9.65. The Morgan fingerprint density at radius 3 is 2.79 bits per heavy atom. The van der Waals surface area contributed by atoms with E-state index in [1.165, 1.54) is 24.6 Å². The summed E-state index contributed by atoms with van der Waals surface area (Å²) in [5, 5.41) is 12.5. The highest BCUT2D eigenvalue weighted by molar-refractivity contribution is 7.99. The first kappa shape index (κ1) is 17.0. The number of aromatic nitrogens is 3. The molecule has 3 rings (SSSR count). The van der Waals surface area contributed by atoms with Crippen molar-refractivity contribution in [3.8, 4) is 0 Å². The second-order valence-corrected chi connectivity index (χ2v) is 7.06. The van der Waals surface area contributed by atoms with Gasteiger partial charge in [0.05, 0.1) is 5.75 Å². The Bertz CT molecular complexity index is 709. The fraction of sp³-hybridized carbons (Fsp3) is 0.500. The molecule has 0 unspecified atom stereocenters. The van der Waals surface area contributed by atoms with Gasteiger partial charge in [-0.25, -0.2) is 0 Å². The van der Waals surface area contributed by atoms with E-state index in [4.69, 9.17) is 0 Å². The van der Waals surface area contributed by atoms with Gasteiger partial charge in [0.15, 0.2) is 5.16 Å². The number of aryl methyl sites for hydroxylation is 1. The first-order chi connectivity index (χ1) is 11.7. The smallest absolute Gasteiger partial charge is 0.234 e. The molecule has 1 aliphatic carbocycles. The normalized spacial score (nSPS) is 13.9. The van der Waals surface area contributed by atoms with Crippen LogP contribution in [-0.2, 0) is 17.8 Å². The molecule has 0 saturated heterocycles. The van der Waals surface area contributed by atoms with Gasteiger partial charge in [-0.1, -0.05) is 43.8 Å². The topological polar surface area (TPSA) is 59.8 Å². The predicted octanol–water partition coefficient (Wildman–Crippen LogP) is 3.86. The van der Waals surface area contributed by atoms with Crippen LogP contribution in [-0.4, -0.2) is 26.4 Å². The molecule has 2 aromatic rings. The van der Waals surface area contributed by atoms with Crippen molar-refractivity contribution in [3.63, 3.8) is 0 Å². The van der Waals surface area contributed by atoms with E-state index >= 15 is 0 Å². The Labute approximate surface area is 147 Å². The molecule has 1 N–H and O–H groups in total. The largest absolute Gasteiger partial charge is 0.325 e. The molecule has 1 aliphatic rings. The van der Waals surface area contributed by atoms with Gasteiger partial charge in [-0.3, -0.25) is 4.79 Å². The van der Waals surface area contributed by atoms with Crippen LogP contribution in [0.4, 0.5) is 5.69 Å². The highest BCUT2D eigenvalue weighted by Gasteiger charge is 2.30. The molecule has 0 radical (unpaired) electrons. The van der Waals surface area contributed by atoms with Crippen LogP contribution in [0.1, 0.15) is 50.4 Å². The summed E-state index contributed by atoms with van der Waals surface area (Å²) in [6.07, 6.45) is 4.36. The molecule has 1 fully saturated rings. The van der Waals surface area contributed by atoms with Crippen LogP contribution < -0.4 is 5.32 Å². The quantitative estimate of drug-likeness (QED) is 0.739. The van der Waals surface area contributed by atoms with Crippen molar-refractivity contribution in [2.75, 3.05) is 11.1 Å². The van der Waals surface area contributed by atoms with Crippen molar-refractivity contribution in [1.29, 1.82) is 0 Å². The number of para-hydroxylation sites is 1. The molecule has 1 saturated carbocycles. The number of thioether (sulfide) groups is 1. The number of anilines is 1. The Hall–Kier alpha value is -1.82. The lowest BCUT2D eigenvalue weighted by atomic mass is 10.1. The fourth-order valence-corrected chi connectivity index (χ4v) is 3.52. The minimum absolute atomic E-state index is 0.0000737. The summed E-state index contributed by atoms with van der Waals surface area (Å²) >= 11 is 1.47. The molecular weight excluding hydrogens is 320 g/mol. The molecule has 128 valence electrons. The molecule has 5 nitrogen and oxygen atoms in total. The van der Waals surface area contributed by atoms with Crippen LogP contribution in [0.15, 0.2) is 29.4 Å². The average molecular weight is 344 g/mol. The van der Waals surface area contributed by atoms with E-state index in [2.05, 4.69) is 33.9 Å². The molecule has 0 spiro atoms. The van der Waals surface area contributed by atoms with Crippen molar-refractivity contribution in [1.82, 2.24) is 14.8 Å². The maximum atomic E-state index is 12.3. The average Bonchev–Trinajstić information content (AvgIpc) is 3.36. The van der Waals surface area contributed by atoms with E-state index in [1.807, 2.05) is 24.3 Å². The lowest BCUT2D eigenvalue weighted by Gasteiger charge is -2.10. The van der Waals surface area contributed by atoms with E-state index in [0.717, 1.165) is 41.6 Å². The molecule has 0 aliphatic heterocycles. The highest BCUT2D eigenvalue weighted by atomic mass is 32.2. The minimum Gasteiger partial charge on any atom is -0.325 e. The standard InChI is InChI=1S/C18H24N4OS/c1-3-11-22-17(14-9-10-14)20-21-18(22)24-12-16(23)19-15-8-6-5-7-13(15)4-2/h5-8,14H,3-4,9-12H2,1-2H3,(H,19,23). The van der Waals surface area contributed by atoms with Gasteiger partial charge >= 0.3 is 0 Å². The number of nitrogens with zero attached hydrogens (tertiary/aromatic N) is 3. The Kier molecular flexibility index (Phi) is 5.56. The maximum Gasteiger partial charge on any atom is 0.234 e. The summed E-state index contributed by atoms with van der Waals surface area (Å²) in [5.74, 6) is 2.02. The molecule has 24 heavy (non-hydrogen) atoms. The van der Waals surface area contributed by atoms with Crippen molar-refractivity contribution >= 4 is 23.4 Å². The minimum atomic E-state index is -0.0000737. The molecule has 1 heterocycles. The van der Waals surface area contributed by atoms with Crippen LogP contribution in [0.25, 0.3) is 0 Å². The third-order valence-electron chi connectivity index (χ3n) is 4.14. The van der Waals surface area contributed by atoms with Gasteiger partial charge in [-0.2, -0.15) is 0 Å². The molecule has 1 aromatic heterocycles. The second-order valence-electron chi connectivity index (χ2n) is 6.11. The predicted molar refractivity (Wildman–Crippen MR) is 97.5 cm³/mol. The van der Waals surface area contributed by atoms with Gasteiger partial charge in [-0.15, -0.1) is 10.2 Å². The number of rotatable bonds is 8. The maximum absolute atomic E-state index is 12.3. The van der Waals surface area contributed by atoms with E-state index in [0.29, 0.717) is 11.7 Å². The van der Waals surface area contributed by atoms with Gasteiger partial charge < -0.3 is 9.88 Å². The van der Waals surface area contributed by atoms with Crippen LogP contribution in [0, 0.1) is 0 Å². The molecule has 1 aromatic carbocycles. The van der Waals surface area contributed by atoms with E-state index in [9.17, 15) is 4.79 Å². The van der Waals surface area contributed by atoms with Gasteiger partial charge in [0.25, 0.3) is 0 Å². The van der Waals surface area contributed by atoms with Crippen molar-refractivity contribution in [2.45, 2.75) is 57.1 Å². The van der Waals surface area contributed by atoms with Crippen LogP contribution in [0.2, 0.25) is 0 Å². The number of carbonyl (C=O) groups is 1. The highest BCUT2D eigenvalue weighted by Crippen LogP contribution is 2.40. The van der Waals surface area contributed by atoms with Gasteiger partial charge in [0, 0.05) is 18.2 Å². The van der Waals surface area contributed by atoms with Crippen molar-refractivity contribution in [3.05, 3.63) is 35.7 Å². The Balaban J connectivity index is 1.62. The molecular formula is C18H24N4OS. The van der Waals surface area contributed by atoms with Crippen LogP contribution in [0.5, 0.6) is 0 Å². The van der Waals surface area contributed by atoms with E-state index in [1.54, 1.807) is 0 Å². The summed E-state index contributed by atoms with van der Waals surface area (Å²) in [6.45, 7) is 5.16. The number of nitrogens with one attached hydrogen (secondary N) is 1. The summed E-state index contributed by atoms with van der Waals surface area (Å²) < 4.78 is 2.19. The summed E-state index contributed by atoms with van der Waals surface area (Å²) in [5.41, 5.74) is 2.06. The van der Waals surface area contributed by atoms with Gasteiger partial charge in [-0.05, 0) is 37.3 Å². The second kappa shape index (κ2) is 7.83. The third-order valence-corrected chi connectivity index (χ3v) is 5.11. The SMILES string of the molecule is CCCn1c(SCC(=O)Nc2ccccc2CC)nnc1C1CC1. The number of carbonyl (C=O) groups excluding carboxylic acids is 1. The molecule has 0 bridgehead atoms. The van der Waals surface area contributed by atoms with Crippen LogP contribution in [0.3, 0.4) is 0 Å². The zero-order valence-electron chi connectivity index (χ0n) is 14.3. The molecule has 0 atom stereocenters. The summed E-state index contributed by atoms with van der Waals surface area (Å²) in [4.78, 5) is 12.3. The van der Waals surface area contributed by atoms with E-state index < -0.39 is 0 Å². The first-order valence-electron chi connectivity index (χ1n) is 8.66. The number of hydrogen-bond acceptors (Lipinski definition) is 4. The number of benzene rings is 1. The molecule has 6 heteroatoms. The molecule has 1 amide bonds. The van der Waals surface area contributed by atoms with Crippen molar-refractivity contribution in [2.24, 2.45) is 0 Å². The monoisotopic (exact) mass is 344 g/mol. The summed E-state index contributed by atoms with van der Waals surface area (Å²) in [7, 11) is 0. The Morgan fingerprint density at radius 2 is 2.08 bits per heavy atom. The van der Waals surface area contributed by atoms with Crippen LogP contribution >= 0.6 is 11.8 Å². The van der Waals surface area contributed by atoms with Gasteiger partial charge in [0.1, 0.15) is 5.82 Å². The number of hydrogen-bond donors (Lipinski definition) is 1. The Morgan fingerprint density at radius 1 is 1.29 bits per heavy atom. The van der Waals surface area contributed by atoms with Gasteiger partial charge in [0.2, 0.25) is 5.91 Å². The fourth-order valence-electron chi connectivity index (χ4n) is 2.75. The van der Waals surface area contributed by atoms with E-state index in [-0.39, 0.29) is 5.91 Å². The third kappa shape index (κ3) is 3.98. The summed E-state index contributed by atoms with van der Waals surface area (Å²) in [6, 6.07) is 7.94. The zero-order valence-corrected chi connectivity index (χ0v) is 15.1. The van der Waals surface area contributed by atoms with Crippen molar-refractivity contribution < 1.29 is 4.79 Å². The lowest BCUT2D eigenvalue weighted by Crippen LogP contribution is -2.16. The lowest BCUT2D eigenvalue weighted by molar-refractivity contribution is -0.113. The number of amides is 1. The zero-order chi connectivity index (χ0) is 16.9.